The normalized spacial score (nSPS) is 11.4. The Morgan fingerprint density at radius 3 is 2.48 bits per heavy atom. The third-order valence-electron chi connectivity index (χ3n) is 3.96. The first-order valence-electron chi connectivity index (χ1n) is 8.11. The summed E-state index contributed by atoms with van der Waals surface area (Å²) in [4.78, 5) is 12.5. The van der Waals surface area contributed by atoms with Gasteiger partial charge in [0.1, 0.15) is 0 Å². The van der Waals surface area contributed by atoms with Crippen LogP contribution in [0.2, 0.25) is 5.02 Å². The Kier molecular flexibility index (Phi) is 5.23. The highest BCUT2D eigenvalue weighted by atomic mass is 35.5. The molecule has 0 saturated heterocycles. The predicted molar refractivity (Wildman–Crippen MR) is 97.3 cm³/mol. The first-order valence-corrected chi connectivity index (χ1v) is 8.49. The number of nitrogens with one attached hydrogen (secondary N) is 1. The zero-order valence-corrected chi connectivity index (χ0v) is 15.0. The quantitative estimate of drug-likeness (QED) is 0.648. The highest BCUT2D eigenvalue weighted by Crippen LogP contribution is 2.34. The van der Waals surface area contributed by atoms with E-state index in [0.29, 0.717) is 10.4 Å². The third kappa shape index (κ3) is 4.14. The average molecular weight is 394 g/mol. The third-order valence-corrected chi connectivity index (χ3v) is 4.19. The van der Waals surface area contributed by atoms with Gasteiger partial charge in [-0.2, -0.15) is 18.3 Å². The fourth-order valence-corrected chi connectivity index (χ4v) is 2.80. The summed E-state index contributed by atoms with van der Waals surface area (Å²) in [5.41, 5.74) is -0.158. The van der Waals surface area contributed by atoms with Crippen LogP contribution in [0.4, 0.5) is 18.9 Å². The number of nitrogens with zero attached hydrogens (tertiary/aromatic N) is 2. The number of aryl methyl sites for hydroxylation is 1. The summed E-state index contributed by atoms with van der Waals surface area (Å²) in [5, 5.41) is 6.50. The monoisotopic (exact) mass is 393 g/mol. The molecule has 1 heterocycles. The molecule has 0 aliphatic heterocycles. The van der Waals surface area contributed by atoms with Crippen molar-refractivity contribution in [2.75, 3.05) is 5.32 Å². The fraction of sp³-hybridized carbons (Fsp3) is 0.158. The van der Waals surface area contributed by atoms with Crippen LogP contribution in [0.3, 0.4) is 0 Å². The summed E-state index contributed by atoms with van der Waals surface area (Å²) in [5.74, 6) is -0.889. The molecule has 3 aromatic rings. The lowest BCUT2D eigenvalue weighted by molar-refractivity contribution is -0.143. The molecule has 27 heavy (non-hydrogen) atoms. The van der Waals surface area contributed by atoms with Crippen LogP contribution in [0, 0.1) is 0 Å². The van der Waals surface area contributed by atoms with Crippen molar-refractivity contribution in [3.63, 3.8) is 0 Å². The Morgan fingerprint density at radius 2 is 1.89 bits per heavy atom. The van der Waals surface area contributed by atoms with Gasteiger partial charge >= 0.3 is 6.18 Å². The van der Waals surface area contributed by atoms with E-state index in [4.69, 9.17) is 11.6 Å². The van der Waals surface area contributed by atoms with Crippen molar-refractivity contribution in [1.29, 1.82) is 0 Å². The smallest absolute Gasteiger partial charge is 0.322 e. The number of anilines is 1. The molecule has 1 N–H and O–H groups in total. The summed E-state index contributed by atoms with van der Waals surface area (Å²) in [7, 11) is 0. The molecule has 0 radical (unpaired) electrons. The van der Waals surface area contributed by atoms with Crippen molar-refractivity contribution in [2.45, 2.75) is 19.5 Å². The lowest BCUT2D eigenvalue weighted by Crippen LogP contribution is -2.20. The number of hydrogen-bond donors (Lipinski definition) is 1. The summed E-state index contributed by atoms with van der Waals surface area (Å²) in [6.07, 6.45) is -3.06. The van der Waals surface area contributed by atoms with Gasteiger partial charge in [0.25, 0.3) is 5.91 Å². The lowest BCUT2D eigenvalue weighted by atomic mass is 10.1. The maximum atomic E-state index is 13.7. The first-order chi connectivity index (χ1) is 12.8. The van der Waals surface area contributed by atoms with Crippen molar-refractivity contribution in [3.05, 3.63) is 76.6 Å². The number of aromatic nitrogens is 2. The number of carbonyl (C=O) groups is 1. The second kappa shape index (κ2) is 7.44. The number of alkyl halides is 3. The Labute approximate surface area is 158 Å². The summed E-state index contributed by atoms with van der Waals surface area (Å²) in [6, 6.07) is 12.7. The number of benzene rings is 2. The van der Waals surface area contributed by atoms with E-state index in [9.17, 15) is 18.0 Å². The molecule has 2 aromatic carbocycles. The Morgan fingerprint density at radius 1 is 1.19 bits per heavy atom. The van der Waals surface area contributed by atoms with E-state index in [1.54, 1.807) is 24.3 Å². The zero-order chi connectivity index (χ0) is 19.6. The van der Waals surface area contributed by atoms with Crippen LogP contribution in [0.25, 0.3) is 5.69 Å². The minimum Gasteiger partial charge on any atom is -0.322 e. The van der Waals surface area contributed by atoms with E-state index >= 15 is 0 Å². The molecule has 0 atom stereocenters. The molecule has 0 bridgehead atoms. The van der Waals surface area contributed by atoms with Crippen molar-refractivity contribution in [1.82, 2.24) is 9.78 Å². The van der Waals surface area contributed by atoms with Gasteiger partial charge < -0.3 is 5.32 Å². The molecule has 3 rings (SSSR count). The zero-order valence-electron chi connectivity index (χ0n) is 14.2. The molecule has 4 nitrogen and oxygen atoms in total. The van der Waals surface area contributed by atoms with E-state index in [-0.39, 0.29) is 10.7 Å². The molecule has 0 aliphatic carbocycles. The van der Waals surface area contributed by atoms with Crippen LogP contribution in [-0.4, -0.2) is 15.7 Å². The van der Waals surface area contributed by atoms with Crippen molar-refractivity contribution < 1.29 is 18.0 Å². The van der Waals surface area contributed by atoms with Gasteiger partial charge in [0.2, 0.25) is 0 Å². The standard InChI is InChI=1S/C19H15ClF3N3O/c1-2-12-6-8-14(9-7-12)25-18(27)16-11-24-26(17(16)19(21,22)23)15-5-3-4-13(20)10-15/h3-11H,2H2,1H3,(H,25,27). The number of halogens is 4. The van der Waals surface area contributed by atoms with Gasteiger partial charge in [0.05, 0.1) is 17.4 Å². The van der Waals surface area contributed by atoms with Gasteiger partial charge in [0.15, 0.2) is 5.69 Å². The molecule has 140 valence electrons. The fourth-order valence-electron chi connectivity index (χ4n) is 2.61. The van der Waals surface area contributed by atoms with Crippen LogP contribution < -0.4 is 5.32 Å². The topological polar surface area (TPSA) is 46.9 Å². The number of rotatable bonds is 4. The molecule has 8 heteroatoms. The van der Waals surface area contributed by atoms with Crippen LogP contribution in [0.5, 0.6) is 0 Å². The SMILES string of the molecule is CCc1ccc(NC(=O)c2cnn(-c3cccc(Cl)c3)c2C(F)(F)F)cc1. The molecular weight excluding hydrogens is 379 g/mol. The van der Waals surface area contributed by atoms with Crippen molar-refractivity contribution >= 4 is 23.2 Å². The molecule has 0 aliphatic rings. The number of carbonyl (C=O) groups excluding carboxylic acids is 1. The van der Waals surface area contributed by atoms with Gasteiger partial charge in [0, 0.05) is 10.7 Å². The molecule has 0 saturated carbocycles. The van der Waals surface area contributed by atoms with Crippen molar-refractivity contribution in [3.8, 4) is 5.69 Å². The minimum atomic E-state index is -4.78. The van der Waals surface area contributed by atoms with Gasteiger partial charge in [-0.05, 0) is 42.3 Å². The number of amides is 1. The summed E-state index contributed by atoms with van der Waals surface area (Å²) >= 11 is 5.86. The highest BCUT2D eigenvalue weighted by Gasteiger charge is 2.40. The van der Waals surface area contributed by atoms with Crippen LogP contribution in [-0.2, 0) is 12.6 Å². The largest absolute Gasteiger partial charge is 0.434 e. The molecule has 1 amide bonds. The summed E-state index contributed by atoms with van der Waals surface area (Å²) in [6.45, 7) is 1.98. The molecule has 0 unspecified atom stereocenters. The Bertz CT molecular complexity index is 965. The van der Waals surface area contributed by atoms with Crippen LogP contribution in [0.15, 0.2) is 54.7 Å². The molecule has 0 fully saturated rings. The second-order valence-corrected chi connectivity index (χ2v) is 6.24. The average Bonchev–Trinajstić information content (AvgIpc) is 3.08. The van der Waals surface area contributed by atoms with Crippen LogP contribution in [0.1, 0.15) is 28.5 Å². The molecular formula is C19H15ClF3N3O. The van der Waals surface area contributed by atoms with E-state index < -0.39 is 23.3 Å². The van der Waals surface area contributed by atoms with Gasteiger partial charge in [-0.3, -0.25) is 4.79 Å². The summed E-state index contributed by atoms with van der Waals surface area (Å²) < 4.78 is 41.6. The predicted octanol–water partition coefficient (Wildman–Crippen LogP) is 5.36. The van der Waals surface area contributed by atoms with Gasteiger partial charge in [-0.25, -0.2) is 4.68 Å². The van der Waals surface area contributed by atoms with E-state index in [0.717, 1.165) is 18.2 Å². The van der Waals surface area contributed by atoms with Crippen LogP contribution >= 0.6 is 11.6 Å². The highest BCUT2D eigenvalue weighted by molar-refractivity contribution is 6.30. The van der Waals surface area contributed by atoms with E-state index in [1.807, 2.05) is 6.92 Å². The van der Waals surface area contributed by atoms with Crippen molar-refractivity contribution in [2.24, 2.45) is 0 Å². The maximum absolute atomic E-state index is 13.7. The second-order valence-electron chi connectivity index (χ2n) is 5.80. The van der Waals surface area contributed by atoms with E-state index in [1.165, 1.54) is 24.3 Å². The minimum absolute atomic E-state index is 0.112. The molecule has 0 spiro atoms. The van der Waals surface area contributed by atoms with Gasteiger partial charge in [-0.1, -0.05) is 36.7 Å². The lowest BCUT2D eigenvalue weighted by Gasteiger charge is -2.13. The number of hydrogen-bond acceptors (Lipinski definition) is 2. The Balaban J connectivity index is 1.98. The van der Waals surface area contributed by atoms with Gasteiger partial charge in [-0.15, -0.1) is 0 Å². The Hall–Kier alpha value is -2.80. The molecule has 1 aromatic heterocycles. The van der Waals surface area contributed by atoms with E-state index in [2.05, 4.69) is 10.4 Å². The first kappa shape index (κ1) is 19.0. The maximum Gasteiger partial charge on any atom is 0.434 e.